The second-order valence-electron chi connectivity index (χ2n) is 10.8. The summed E-state index contributed by atoms with van der Waals surface area (Å²) in [4.78, 5) is 33.4. The normalized spacial score (nSPS) is 18.9. The second kappa shape index (κ2) is 15.4. The first-order valence-corrected chi connectivity index (χ1v) is 14.8. The molecule has 1 fully saturated rings. The monoisotopic (exact) mass is 559 g/mol. The minimum Gasteiger partial charge on any atom is -0.391 e. The highest BCUT2D eigenvalue weighted by Crippen LogP contribution is 2.27. The first kappa shape index (κ1) is 31.2. The number of methoxy groups -OCH3 is 1. The van der Waals surface area contributed by atoms with Crippen LogP contribution in [0, 0.1) is 12.8 Å². The molecule has 1 saturated heterocycles. The summed E-state index contributed by atoms with van der Waals surface area (Å²) in [5.74, 6) is 0.109. The Morgan fingerprint density at radius 3 is 2.59 bits per heavy atom. The number of aliphatic hydroxyl groups is 1. The average molecular weight is 560 g/mol. The number of hydrogen-bond donors (Lipinski definition) is 4. The minimum atomic E-state index is -0.713. The Labute approximate surface area is 236 Å². The number of amides is 2. The number of carbonyl (C=O) groups is 2. The van der Waals surface area contributed by atoms with Gasteiger partial charge in [-0.3, -0.25) is 9.59 Å². The molecule has 0 bridgehead atoms. The molecule has 1 aromatic heterocycles. The van der Waals surface area contributed by atoms with Gasteiger partial charge in [0.25, 0.3) is 0 Å². The van der Waals surface area contributed by atoms with Crippen molar-refractivity contribution in [3.8, 4) is 10.4 Å². The lowest BCUT2D eigenvalue weighted by Gasteiger charge is -2.28. The molecule has 1 aliphatic rings. The van der Waals surface area contributed by atoms with Gasteiger partial charge in [0.1, 0.15) is 6.04 Å². The molecule has 0 unspecified atom stereocenters. The average Bonchev–Trinajstić information content (AvgIpc) is 3.52. The van der Waals surface area contributed by atoms with Gasteiger partial charge >= 0.3 is 0 Å². The molecule has 0 radical (unpaired) electrons. The number of aryl methyl sites for hydroxylation is 1. The quantitative estimate of drug-likeness (QED) is 0.248. The lowest BCUT2D eigenvalue weighted by Crippen LogP contribution is -2.53. The molecular formula is C29H45N5O4S. The predicted octanol–water partition coefficient (Wildman–Crippen LogP) is 2.72. The maximum absolute atomic E-state index is 13.3. The Kier molecular flexibility index (Phi) is 12.3. The highest BCUT2D eigenvalue weighted by molar-refractivity contribution is 7.13. The zero-order chi connectivity index (χ0) is 28.4. The van der Waals surface area contributed by atoms with Gasteiger partial charge < -0.3 is 30.7 Å². The zero-order valence-corrected chi connectivity index (χ0v) is 24.7. The van der Waals surface area contributed by atoms with Crippen LogP contribution < -0.4 is 16.0 Å². The van der Waals surface area contributed by atoms with Gasteiger partial charge in [-0.25, -0.2) is 4.98 Å². The third kappa shape index (κ3) is 9.36. The van der Waals surface area contributed by atoms with Crippen molar-refractivity contribution in [1.29, 1.82) is 0 Å². The topological polar surface area (TPSA) is 116 Å². The maximum atomic E-state index is 13.3. The van der Waals surface area contributed by atoms with Crippen molar-refractivity contribution in [2.45, 2.75) is 77.7 Å². The molecule has 4 N–H and O–H groups in total. The first-order valence-electron chi connectivity index (χ1n) is 13.9. The Bertz CT molecular complexity index is 1040. The summed E-state index contributed by atoms with van der Waals surface area (Å²) in [6.07, 6.45) is 1.44. The molecule has 2 aromatic rings. The van der Waals surface area contributed by atoms with Crippen LogP contribution in [-0.2, 0) is 20.9 Å². The zero-order valence-electron chi connectivity index (χ0n) is 23.9. The van der Waals surface area contributed by atoms with Gasteiger partial charge in [0.15, 0.2) is 0 Å². The van der Waals surface area contributed by atoms with Gasteiger partial charge in [-0.1, -0.05) is 38.1 Å². The van der Waals surface area contributed by atoms with E-state index in [0.717, 1.165) is 41.1 Å². The van der Waals surface area contributed by atoms with E-state index < -0.39 is 18.2 Å². The van der Waals surface area contributed by atoms with E-state index >= 15 is 0 Å². The number of aromatic nitrogens is 1. The number of nitrogens with zero attached hydrogens (tertiary/aromatic N) is 2. The highest BCUT2D eigenvalue weighted by Gasteiger charge is 2.40. The number of hydrogen-bond acceptors (Lipinski definition) is 8. The van der Waals surface area contributed by atoms with Crippen LogP contribution in [0.1, 0.15) is 51.3 Å². The molecule has 10 heteroatoms. The summed E-state index contributed by atoms with van der Waals surface area (Å²) in [6.45, 7) is 10.9. The molecular weight excluding hydrogens is 514 g/mol. The van der Waals surface area contributed by atoms with Crippen LogP contribution in [0.3, 0.4) is 0 Å². The van der Waals surface area contributed by atoms with E-state index in [-0.39, 0.29) is 30.8 Å². The molecule has 4 atom stereocenters. The first-order chi connectivity index (χ1) is 18.7. The standard InChI is InChI=1S/C29H45N5O4S/c1-19(2)13-24(30-11-6-12-38-5)16-31-21(4)29(37)34-17-25(35)14-26(34)28(36)32-15-22-7-9-23(10-8-22)27-20(3)33-18-39-27/h7-10,18-19,21,24-26,30-31,35H,6,11-17H2,1-5H3,(H,32,36)/t21-,24+,25+,26-/m0/s1. The van der Waals surface area contributed by atoms with Gasteiger partial charge in [-0.2, -0.15) is 0 Å². The Hall–Kier alpha value is -2.37. The largest absolute Gasteiger partial charge is 0.391 e. The van der Waals surface area contributed by atoms with E-state index in [4.69, 9.17) is 4.74 Å². The molecule has 2 amide bonds. The number of benzene rings is 1. The van der Waals surface area contributed by atoms with Crippen molar-refractivity contribution in [2.75, 3.05) is 33.4 Å². The molecule has 3 rings (SSSR count). The van der Waals surface area contributed by atoms with Gasteiger partial charge in [-0.05, 0) is 50.3 Å². The molecule has 1 aromatic carbocycles. The van der Waals surface area contributed by atoms with E-state index in [0.29, 0.717) is 25.6 Å². The maximum Gasteiger partial charge on any atom is 0.243 e. The Balaban J connectivity index is 1.52. The van der Waals surface area contributed by atoms with Crippen molar-refractivity contribution in [3.63, 3.8) is 0 Å². The fraction of sp³-hybridized carbons (Fsp3) is 0.621. The lowest BCUT2D eigenvalue weighted by molar-refractivity contribution is -0.139. The number of rotatable bonds is 15. The third-order valence-corrected chi connectivity index (χ3v) is 8.03. The van der Waals surface area contributed by atoms with E-state index in [9.17, 15) is 14.7 Å². The molecule has 0 saturated carbocycles. The number of thiazole rings is 1. The van der Waals surface area contributed by atoms with E-state index in [1.165, 1.54) is 4.90 Å². The van der Waals surface area contributed by atoms with Crippen molar-refractivity contribution >= 4 is 23.2 Å². The minimum absolute atomic E-state index is 0.163. The summed E-state index contributed by atoms with van der Waals surface area (Å²) in [6, 6.07) is 7.12. The molecule has 9 nitrogen and oxygen atoms in total. The predicted molar refractivity (Wildman–Crippen MR) is 155 cm³/mol. The number of β-amino-alcohol motifs (C(OH)–C–C–N with tert-alkyl or cyclic N) is 1. The fourth-order valence-electron chi connectivity index (χ4n) is 4.95. The Morgan fingerprint density at radius 1 is 1.21 bits per heavy atom. The molecule has 0 aliphatic carbocycles. The van der Waals surface area contributed by atoms with Crippen LogP contribution in [0.15, 0.2) is 29.8 Å². The number of carbonyl (C=O) groups excluding carboxylic acids is 2. The number of nitrogens with one attached hydrogen (secondary N) is 3. The van der Waals surface area contributed by atoms with Crippen molar-refractivity contribution in [1.82, 2.24) is 25.8 Å². The summed E-state index contributed by atoms with van der Waals surface area (Å²) < 4.78 is 5.13. The summed E-state index contributed by atoms with van der Waals surface area (Å²) in [7, 11) is 1.70. The van der Waals surface area contributed by atoms with Crippen molar-refractivity contribution in [3.05, 3.63) is 41.0 Å². The molecule has 0 spiro atoms. The van der Waals surface area contributed by atoms with E-state index in [2.05, 4.69) is 34.8 Å². The fourth-order valence-corrected chi connectivity index (χ4v) is 5.76. The summed E-state index contributed by atoms with van der Waals surface area (Å²) >= 11 is 1.61. The number of ether oxygens (including phenoxy) is 1. The van der Waals surface area contributed by atoms with Crippen LogP contribution in [0.2, 0.25) is 0 Å². The van der Waals surface area contributed by atoms with Crippen LogP contribution in [-0.4, -0.2) is 84.4 Å². The molecule has 2 heterocycles. The highest BCUT2D eigenvalue weighted by atomic mass is 32.1. The third-order valence-electron chi connectivity index (χ3n) is 7.05. The Morgan fingerprint density at radius 2 is 1.95 bits per heavy atom. The van der Waals surface area contributed by atoms with Crippen molar-refractivity contribution < 1.29 is 19.4 Å². The van der Waals surface area contributed by atoms with E-state index in [1.54, 1.807) is 18.4 Å². The summed E-state index contributed by atoms with van der Waals surface area (Å²) in [5, 5.41) is 20.2. The van der Waals surface area contributed by atoms with Crippen molar-refractivity contribution in [2.24, 2.45) is 5.92 Å². The van der Waals surface area contributed by atoms with Crippen LogP contribution in [0.25, 0.3) is 10.4 Å². The van der Waals surface area contributed by atoms with Crippen LogP contribution in [0.4, 0.5) is 0 Å². The summed E-state index contributed by atoms with van der Waals surface area (Å²) in [5.41, 5.74) is 4.91. The van der Waals surface area contributed by atoms with Gasteiger partial charge in [0.2, 0.25) is 11.8 Å². The second-order valence-corrected chi connectivity index (χ2v) is 11.7. The van der Waals surface area contributed by atoms with E-state index in [1.807, 2.05) is 43.6 Å². The molecule has 1 aliphatic heterocycles. The number of likely N-dealkylation sites (tertiary alicyclic amines) is 1. The molecule has 39 heavy (non-hydrogen) atoms. The number of aliphatic hydroxyl groups excluding tert-OH is 1. The van der Waals surface area contributed by atoms with Crippen LogP contribution >= 0.6 is 11.3 Å². The van der Waals surface area contributed by atoms with Gasteiger partial charge in [0, 0.05) is 45.8 Å². The molecule has 216 valence electrons. The van der Waals surface area contributed by atoms with Crippen LogP contribution in [0.5, 0.6) is 0 Å². The smallest absolute Gasteiger partial charge is 0.243 e. The lowest BCUT2D eigenvalue weighted by atomic mass is 10.0. The SMILES string of the molecule is COCCCN[C@@H](CN[C@@H](C)C(=O)N1C[C@H](O)C[C@H]1C(=O)NCc1ccc(-c2scnc2C)cc1)CC(C)C. The van der Waals surface area contributed by atoms with Gasteiger partial charge in [0.05, 0.1) is 28.2 Å². The van der Waals surface area contributed by atoms with Gasteiger partial charge in [-0.15, -0.1) is 11.3 Å².